The molecule has 0 saturated carbocycles. The van der Waals surface area contributed by atoms with Crippen LogP contribution in [-0.2, 0) is 4.79 Å². The fourth-order valence-corrected chi connectivity index (χ4v) is 4.41. The zero-order chi connectivity index (χ0) is 24.7. The fraction of sp³-hybridized carbons (Fsp3) is 0.207. The lowest BCUT2D eigenvalue weighted by molar-refractivity contribution is -0.120. The summed E-state index contributed by atoms with van der Waals surface area (Å²) < 4.78 is 5.25. The van der Waals surface area contributed by atoms with E-state index in [0.29, 0.717) is 6.54 Å². The number of carbonyl (C=O) groups is 1. The first-order valence-electron chi connectivity index (χ1n) is 12.1. The van der Waals surface area contributed by atoms with E-state index in [1.807, 2.05) is 84.9 Å². The van der Waals surface area contributed by atoms with E-state index in [0.717, 1.165) is 59.3 Å². The van der Waals surface area contributed by atoms with E-state index in [1.54, 1.807) is 13.4 Å². The number of benzene rings is 3. The van der Waals surface area contributed by atoms with Crippen LogP contribution in [0.3, 0.4) is 0 Å². The molecule has 7 nitrogen and oxygen atoms in total. The first-order chi connectivity index (χ1) is 17.7. The van der Waals surface area contributed by atoms with Crippen molar-refractivity contribution in [3.05, 3.63) is 91.3 Å². The molecule has 1 unspecified atom stereocenters. The number of carbonyl (C=O) groups excluding carboxylic acids is 1. The molecule has 2 heterocycles. The largest absolute Gasteiger partial charge is 0.497 e. The average Bonchev–Trinajstić information content (AvgIpc) is 2.95. The number of aromatic nitrogens is 2. The molecular formula is C29H29N5O2. The lowest BCUT2D eigenvalue weighted by atomic mass is 9.97. The second-order valence-electron chi connectivity index (χ2n) is 8.83. The van der Waals surface area contributed by atoms with Crippen molar-refractivity contribution in [2.24, 2.45) is 5.92 Å². The molecule has 0 radical (unpaired) electrons. The van der Waals surface area contributed by atoms with Gasteiger partial charge in [0, 0.05) is 41.8 Å². The Hall–Kier alpha value is -4.39. The maximum atomic E-state index is 13.1. The summed E-state index contributed by atoms with van der Waals surface area (Å²) in [5, 5.41) is 6.44. The molecule has 3 aromatic carbocycles. The van der Waals surface area contributed by atoms with Crippen LogP contribution in [-0.4, -0.2) is 36.1 Å². The molecule has 4 aromatic rings. The second kappa shape index (κ2) is 10.9. The van der Waals surface area contributed by atoms with E-state index in [2.05, 4.69) is 25.5 Å². The van der Waals surface area contributed by atoms with Gasteiger partial charge in [0.15, 0.2) is 0 Å². The van der Waals surface area contributed by atoms with Gasteiger partial charge in [0.25, 0.3) is 0 Å². The summed E-state index contributed by atoms with van der Waals surface area (Å²) in [6, 6.07) is 27.6. The molecule has 1 aliphatic heterocycles. The van der Waals surface area contributed by atoms with E-state index in [-0.39, 0.29) is 11.8 Å². The Labute approximate surface area is 211 Å². The van der Waals surface area contributed by atoms with Gasteiger partial charge in [-0.1, -0.05) is 18.2 Å². The number of hydrogen-bond acceptors (Lipinski definition) is 6. The van der Waals surface area contributed by atoms with Gasteiger partial charge in [0.2, 0.25) is 5.91 Å². The monoisotopic (exact) mass is 479 g/mol. The Bertz CT molecular complexity index is 1290. The van der Waals surface area contributed by atoms with Gasteiger partial charge >= 0.3 is 0 Å². The lowest BCUT2D eigenvalue weighted by Crippen LogP contribution is -2.41. The van der Waals surface area contributed by atoms with Crippen LogP contribution < -0.4 is 20.3 Å². The van der Waals surface area contributed by atoms with Crippen molar-refractivity contribution in [2.75, 3.05) is 35.7 Å². The lowest BCUT2D eigenvalue weighted by Gasteiger charge is -2.33. The molecule has 1 aromatic heterocycles. The number of rotatable bonds is 7. The third-order valence-corrected chi connectivity index (χ3v) is 6.37. The first kappa shape index (κ1) is 23.4. The summed E-state index contributed by atoms with van der Waals surface area (Å²) >= 11 is 0. The van der Waals surface area contributed by atoms with E-state index in [9.17, 15) is 4.79 Å². The average molecular weight is 480 g/mol. The predicted molar refractivity (Wildman–Crippen MR) is 144 cm³/mol. The highest BCUT2D eigenvalue weighted by atomic mass is 16.5. The minimum atomic E-state index is -0.111. The van der Waals surface area contributed by atoms with Crippen LogP contribution in [0, 0.1) is 5.92 Å². The zero-order valence-electron chi connectivity index (χ0n) is 20.2. The Morgan fingerprint density at radius 2 is 1.64 bits per heavy atom. The number of piperidine rings is 1. The van der Waals surface area contributed by atoms with Crippen LogP contribution in [0.5, 0.6) is 5.75 Å². The predicted octanol–water partition coefficient (Wildman–Crippen LogP) is 5.75. The molecule has 1 saturated heterocycles. The summed E-state index contributed by atoms with van der Waals surface area (Å²) in [7, 11) is 1.65. The van der Waals surface area contributed by atoms with Gasteiger partial charge in [0.05, 0.1) is 18.7 Å². The molecule has 1 amide bonds. The SMILES string of the molecule is COc1ccc(-c2cc(N3CCCC(C(=O)Nc4ccc(Nc5ccccc5)cc4)C3)ncn2)cc1. The van der Waals surface area contributed by atoms with Crippen LogP contribution in [0.25, 0.3) is 11.3 Å². The number of anilines is 4. The number of methoxy groups -OCH3 is 1. The number of para-hydroxylation sites is 1. The molecule has 1 atom stereocenters. The molecule has 36 heavy (non-hydrogen) atoms. The highest BCUT2D eigenvalue weighted by molar-refractivity contribution is 5.93. The van der Waals surface area contributed by atoms with Gasteiger partial charge in [-0.05, 0) is 73.5 Å². The molecule has 2 N–H and O–H groups in total. The van der Waals surface area contributed by atoms with E-state index < -0.39 is 0 Å². The highest BCUT2D eigenvalue weighted by Crippen LogP contribution is 2.27. The molecule has 1 fully saturated rings. The van der Waals surface area contributed by atoms with Crippen molar-refractivity contribution in [2.45, 2.75) is 12.8 Å². The Morgan fingerprint density at radius 1 is 0.917 bits per heavy atom. The molecule has 5 rings (SSSR count). The summed E-state index contributed by atoms with van der Waals surface area (Å²) in [6.45, 7) is 1.49. The molecular weight excluding hydrogens is 450 g/mol. The van der Waals surface area contributed by atoms with Gasteiger partial charge in [-0.2, -0.15) is 0 Å². The van der Waals surface area contributed by atoms with Gasteiger partial charge in [-0.25, -0.2) is 9.97 Å². The maximum absolute atomic E-state index is 13.1. The highest BCUT2D eigenvalue weighted by Gasteiger charge is 2.27. The van der Waals surface area contributed by atoms with Crippen molar-refractivity contribution in [3.63, 3.8) is 0 Å². The minimum Gasteiger partial charge on any atom is -0.497 e. The summed E-state index contributed by atoms with van der Waals surface area (Å²) in [5.41, 5.74) is 4.63. The Balaban J connectivity index is 1.21. The van der Waals surface area contributed by atoms with Gasteiger partial charge < -0.3 is 20.3 Å². The summed E-state index contributed by atoms with van der Waals surface area (Å²) in [6.07, 6.45) is 3.37. The zero-order valence-corrected chi connectivity index (χ0v) is 20.2. The number of hydrogen-bond donors (Lipinski definition) is 2. The van der Waals surface area contributed by atoms with Crippen molar-refractivity contribution in [1.82, 2.24) is 9.97 Å². The van der Waals surface area contributed by atoms with Gasteiger partial charge in [0.1, 0.15) is 17.9 Å². The molecule has 0 spiro atoms. The van der Waals surface area contributed by atoms with Crippen molar-refractivity contribution in [1.29, 1.82) is 0 Å². The number of amides is 1. The third kappa shape index (κ3) is 5.63. The standard InChI is InChI=1S/C29H29N5O2/c1-36-26-15-9-21(10-16-26)27-18-28(31-20-30-27)34-17-5-6-22(19-34)29(35)33-25-13-11-24(12-14-25)32-23-7-3-2-4-8-23/h2-4,7-16,18,20,22,32H,5-6,17,19H2,1H3,(H,33,35). The fourth-order valence-electron chi connectivity index (χ4n) is 4.41. The first-order valence-corrected chi connectivity index (χ1v) is 12.1. The molecule has 0 bridgehead atoms. The van der Waals surface area contributed by atoms with Gasteiger partial charge in [-0.15, -0.1) is 0 Å². The van der Waals surface area contributed by atoms with Crippen molar-refractivity contribution >= 4 is 28.8 Å². The topological polar surface area (TPSA) is 79.4 Å². The number of nitrogens with zero attached hydrogens (tertiary/aromatic N) is 3. The molecule has 7 heteroatoms. The Kier molecular flexibility index (Phi) is 7.07. The van der Waals surface area contributed by atoms with Crippen LogP contribution in [0.4, 0.5) is 22.9 Å². The van der Waals surface area contributed by atoms with Crippen LogP contribution >= 0.6 is 0 Å². The molecule has 0 aliphatic carbocycles. The molecule has 182 valence electrons. The summed E-state index contributed by atoms with van der Waals surface area (Å²) in [4.78, 5) is 24.2. The minimum absolute atomic E-state index is 0.0351. The van der Waals surface area contributed by atoms with Gasteiger partial charge in [-0.3, -0.25) is 4.79 Å². The maximum Gasteiger partial charge on any atom is 0.229 e. The van der Waals surface area contributed by atoms with Crippen LogP contribution in [0.2, 0.25) is 0 Å². The van der Waals surface area contributed by atoms with Crippen molar-refractivity contribution < 1.29 is 9.53 Å². The van der Waals surface area contributed by atoms with Crippen LogP contribution in [0.1, 0.15) is 12.8 Å². The molecule has 1 aliphatic rings. The quantitative estimate of drug-likeness (QED) is 0.351. The van der Waals surface area contributed by atoms with Crippen molar-refractivity contribution in [3.8, 4) is 17.0 Å². The van der Waals surface area contributed by atoms with Crippen LogP contribution in [0.15, 0.2) is 91.3 Å². The smallest absolute Gasteiger partial charge is 0.229 e. The summed E-state index contributed by atoms with van der Waals surface area (Å²) in [5.74, 6) is 1.57. The van der Waals surface area contributed by atoms with E-state index in [1.165, 1.54) is 0 Å². The Morgan fingerprint density at radius 3 is 2.39 bits per heavy atom. The third-order valence-electron chi connectivity index (χ3n) is 6.37. The number of nitrogens with one attached hydrogen (secondary N) is 2. The second-order valence-corrected chi connectivity index (χ2v) is 8.83. The number of ether oxygens (including phenoxy) is 1. The van der Waals surface area contributed by atoms with E-state index >= 15 is 0 Å². The normalized spacial score (nSPS) is 15.2. The van der Waals surface area contributed by atoms with E-state index in [4.69, 9.17) is 4.74 Å².